The van der Waals surface area contributed by atoms with Crippen LogP contribution in [0.3, 0.4) is 0 Å². The fourth-order valence-corrected chi connectivity index (χ4v) is 3.18. The Hall–Kier alpha value is -0.570. The Bertz CT molecular complexity index is 298. The second-order valence-corrected chi connectivity index (χ2v) is 6.84. The second-order valence-electron chi connectivity index (χ2n) is 6.84. The Morgan fingerprint density at radius 2 is 1.95 bits per heavy atom. The van der Waals surface area contributed by atoms with Crippen molar-refractivity contribution in [1.29, 1.82) is 0 Å². The third kappa shape index (κ3) is 4.48. The number of carbonyl (C=O) groups excluding carboxylic acids is 1. The molecule has 1 fully saturated rings. The minimum Gasteiger partial charge on any atom is -0.469 e. The zero-order valence-corrected chi connectivity index (χ0v) is 13.0. The molecule has 19 heavy (non-hydrogen) atoms. The molecule has 0 aromatic heterocycles. The maximum absolute atomic E-state index is 12.0. The summed E-state index contributed by atoms with van der Waals surface area (Å²) in [6.07, 6.45) is 7.26. The van der Waals surface area contributed by atoms with E-state index in [2.05, 4.69) is 20.8 Å². The van der Waals surface area contributed by atoms with Crippen molar-refractivity contribution in [3.05, 3.63) is 0 Å². The predicted molar refractivity (Wildman–Crippen MR) is 76.8 cm³/mol. The third-order valence-corrected chi connectivity index (χ3v) is 4.68. The third-order valence-electron chi connectivity index (χ3n) is 4.68. The van der Waals surface area contributed by atoms with Gasteiger partial charge in [-0.25, -0.2) is 0 Å². The van der Waals surface area contributed by atoms with Crippen LogP contribution in [-0.4, -0.2) is 23.8 Å². The van der Waals surface area contributed by atoms with Gasteiger partial charge >= 0.3 is 5.97 Å². The number of hydrogen-bond acceptors (Lipinski definition) is 3. The maximum atomic E-state index is 12.0. The quantitative estimate of drug-likeness (QED) is 0.612. The topological polar surface area (TPSA) is 46.5 Å². The van der Waals surface area contributed by atoms with E-state index in [1.807, 2.05) is 0 Å². The van der Waals surface area contributed by atoms with Gasteiger partial charge in [-0.3, -0.25) is 4.79 Å². The smallest absolute Gasteiger partial charge is 0.311 e. The van der Waals surface area contributed by atoms with Gasteiger partial charge in [0.1, 0.15) is 0 Å². The minimum atomic E-state index is -0.865. The molecule has 1 saturated carbocycles. The van der Waals surface area contributed by atoms with Gasteiger partial charge in [0, 0.05) is 0 Å². The Balaban J connectivity index is 2.82. The number of carbonyl (C=O) groups is 1. The molecule has 1 aliphatic carbocycles. The SMILES string of the molecule is CCCCC(C(=O)OC)C1(O)CCCC(C)(C)CC1. The lowest BCUT2D eigenvalue weighted by atomic mass is 9.77. The molecule has 112 valence electrons. The largest absolute Gasteiger partial charge is 0.469 e. The number of ether oxygens (including phenoxy) is 1. The van der Waals surface area contributed by atoms with Crippen LogP contribution in [0.1, 0.15) is 72.1 Å². The van der Waals surface area contributed by atoms with Crippen LogP contribution in [0.5, 0.6) is 0 Å². The van der Waals surface area contributed by atoms with Crippen LogP contribution in [0, 0.1) is 11.3 Å². The first-order valence-corrected chi connectivity index (χ1v) is 7.65. The molecule has 2 unspecified atom stereocenters. The number of unbranched alkanes of at least 4 members (excludes halogenated alkanes) is 1. The Labute approximate surface area is 117 Å². The molecule has 0 radical (unpaired) electrons. The van der Waals surface area contributed by atoms with E-state index in [1.165, 1.54) is 7.11 Å². The fourth-order valence-electron chi connectivity index (χ4n) is 3.18. The van der Waals surface area contributed by atoms with E-state index < -0.39 is 5.60 Å². The lowest BCUT2D eigenvalue weighted by molar-refractivity contribution is -0.157. The van der Waals surface area contributed by atoms with Crippen molar-refractivity contribution in [3.63, 3.8) is 0 Å². The van der Waals surface area contributed by atoms with E-state index in [1.54, 1.807) is 0 Å². The van der Waals surface area contributed by atoms with E-state index >= 15 is 0 Å². The summed E-state index contributed by atoms with van der Waals surface area (Å²) >= 11 is 0. The average molecular weight is 270 g/mol. The molecule has 1 N–H and O–H groups in total. The number of methoxy groups -OCH3 is 1. The molecule has 3 heteroatoms. The predicted octanol–water partition coefficient (Wildman–Crippen LogP) is 3.69. The van der Waals surface area contributed by atoms with Crippen LogP contribution in [0.4, 0.5) is 0 Å². The lowest BCUT2D eigenvalue weighted by Gasteiger charge is -2.34. The summed E-state index contributed by atoms with van der Waals surface area (Å²) in [5.74, 6) is -0.595. The molecule has 2 atom stereocenters. The zero-order chi connectivity index (χ0) is 14.5. The van der Waals surface area contributed by atoms with Crippen molar-refractivity contribution in [3.8, 4) is 0 Å². The summed E-state index contributed by atoms with van der Waals surface area (Å²) in [6, 6.07) is 0. The van der Waals surface area contributed by atoms with Crippen LogP contribution in [-0.2, 0) is 9.53 Å². The van der Waals surface area contributed by atoms with Crippen LogP contribution in [0.15, 0.2) is 0 Å². The fraction of sp³-hybridized carbons (Fsp3) is 0.938. The molecule has 1 rings (SSSR count). The molecule has 0 aliphatic heterocycles. The van der Waals surface area contributed by atoms with Gasteiger partial charge in [0.15, 0.2) is 0 Å². The van der Waals surface area contributed by atoms with Crippen molar-refractivity contribution < 1.29 is 14.6 Å². The van der Waals surface area contributed by atoms with E-state index in [-0.39, 0.29) is 17.3 Å². The molecule has 0 spiro atoms. The van der Waals surface area contributed by atoms with Crippen LogP contribution in [0.2, 0.25) is 0 Å². The molecule has 0 heterocycles. The van der Waals surface area contributed by atoms with Crippen molar-refractivity contribution in [1.82, 2.24) is 0 Å². The highest BCUT2D eigenvalue weighted by atomic mass is 16.5. The molecule has 1 aliphatic rings. The number of hydrogen-bond donors (Lipinski definition) is 1. The van der Waals surface area contributed by atoms with Crippen molar-refractivity contribution >= 4 is 5.97 Å². The zero-order valence-electron chi connectivity index (χ0n) is 13.0. The first-order chi connectivity index (χ1) is 8.84. The summed E-state index contributed by atoms with van der Waals surface area (Å²) in [4.78, 5) is 12.0. The lowest BCUT2D eigenvalue weighted by Crippen LogP contribution is -2.42. The van der Waals surface area contributed by atoms with Gasteiger partial charge < -0.3 is 9.84 Å². The summed E-state index contributed by atoms with van der Waals surface area (Å²) in [5.41, 5.74) is -0.591. The summed E-state index contributed by atoms with van der Waals surface area (Å²) in [7, 11) is 1.42. The van der Waals surface area contributed by atoms with E-state index in [0.717, 1.165) is 44.9 Å². The van der Waals surface area contributed by atoms with Crippen LogP contribution < -0.4 is 0 Å². The molecule has 0 bridgehead atoms. The Morgan fingerprint density at radius 1 is 1.26 bits per heavy atom. The number of esters is 1. The normalized spacial score (nSPS) is 28.5. The number of aliphatic hydroxyl groups is 1. The van der Waals surface area contributed by atoms with Crippen LogP contribution >= 0.6 is 0 Å². The van der Waals surface area contributed by atoms with Gasteiger partial charge in [-0.1, -0.05) is 40.0 Å². The first kappa shape index (κ1) is 16.5. The first-order valence-electron chi connectivity index (χ1n) is 7.65. The maximum Gasteiger partial charge on any atom is 0.311 e. The minimum absolute atomic E-state index is 0.240. The van der Waals surface area contributed by atoms with Gasteiger partial charge in [-0.05, 0) is 37.5 Å². The van der Waals surface area contributed by atoms with Crippen LogP contribution in [0.25, 0.3) is 0 Å². The molecule has 0 amide bonds. The average Bonchev–Trinajstić information content (AvgIpc) is 2.49. The molecule has 0 saturated heterocycles. The molecular weight excluding hydrogens is 240 g/mol. The van der Waals surface area contributed by atoms with E-state index in [9.17, 15) is 9.90 Å². The van der Waals surface area contributed by atoms with Crippen molar-refractivity contribution in [2.45, 2.75) is 77.7 Å². The monoisotopic (exact) mass is 270 g/mol. The molecular formula is C16H30O3. The highest BCUT2D eigenvalue weighted by Gasteiger charge is 2.43. The van der Waals surface area contributed by atoms with Gasteiger partial charge in [-0.2, -0.15) is 0 Å². The standard InChI is InChI=1S/C16H30O3/c1-5-6-8-13(14(17)19-4)16(18)10-7-9-15(2,3)11-12-16/h13,18H,5-12H2,1-4H3. The van der Waals surface area contributed by atoms with Gasteiger partial charge in [0.25, 0.3) is 0 Å². The highest BCUT2D eigenvalue weighted by molar-refractivity contribution is 5.73. The Morgan fingerprint density at radius 3 is 2.53 bits per heavy atom. The molecule has 3 nitrogen and oxygen atoms in total. The van der Waals surface area contributed by atoms with Gasteiger partial charge in [0.05, 0.1) is 18.6 Å². The van der Waals surface area contributed by atoms with E-state index in [0.29, 0.717) is 6.42 Å². The van der Waals surface area contributed by atoms with Crippen molar-refractivity contribution in [2.24, 2.45) is 11.3 Å². The summed E-state index contributed by atoms with van der Waals surface area (Å²) < 4.78 is 4.92. The summed E-state index contributed by atoms with van der Waals surface area (Å²) in [5, 5.41) is 11.0. The molecule has 0 aromatic rings. The van der Waals surface area contributed by atoms with Gasteiger partial charge in [-0.15, -0.1) is 0 Å². The van der Waals surface area contributed by atoms with Gasteiger partial charge in [0.2, 0.25) is 0 Å². The number of rotatable bonds is 5. The van der Waals surface area contributed by atoms with Crippen molar-refractivity contribution in [2.75, 3.05) is 7.11 Å². The summed E-state index contributed by atoms with van der Waals surface area (Å²) in [6.45, 7) is 6.60. The highest BCUT2D eigenvalue weighted by Crippen LogP contribution is 2.42. The molecule has 0 aromatic carbocycles. The van der Waals surface area contributed by atoms with E-state index in [4.69, 9.17) is 4.74 Å². The second kappa shape index (κ2) is 6.74. The Kier molecular flexibility index (Phi) is 5.84.